The molecule has 4 aromatic heterocycles. The quantitative estimate of drug-likeness (QED) is 0.299. The van der Waals surface area contributed by atoms with Crippen molar-refractivity contribution in [3.05, 3.63) is 84.4 Å². The number of pyridine rings is 1. The molecular weight excluding hydrogens is 531 g/mol. The van der Waals surface area contributed by atoms with E-state index >= 15 is 0 Å². The second-order valence-electron chi connectivity index (χ2n) is 9.74. The van der Waals surface area contributed by atoms with E-state index in [0.29, 0.717) is 28.7 Å². The fourth-order valence-electron chi connectivity index (χ4n) is 4.95. The SMILES string of the molecule is CS(=O)(=O)CCNc1nccc(-c2cccc(-c3cnc4ccc(N5CCC[C@@H]5c5cccc(F)c5)nn34)n2)n1. The third-order valence-electron chi connectivity index (χ3n) is 6.81. The van der Waals surface area contributed by atoms with Gasteiger partial charge in [-0.15, -0.1) is 5.10 Å². The second-order valence-corrected chi connectivity index (χ2v) is 12.0. The van der Waals surface area contributed by atoms with Gasteiger partial charge in [-0.05, 0) is 60.9 Å². The summed E-state index contributed by atoms with van der Waals surface area (Å²) in [5, 5.41) is 7.87. The number of rotatable bonds is 8. The topological polar surface area (TPSA) is 118 Å². The summed E-state index contributed by atoms with van der Waals surface area (Å²) in [6.45, 7) is 1.04. The number of fused-ring (bicyclic) bond motifs is 1. The van der Waals surface area contributed by atoms with Crippen LogP contribution in [-0.4, -0.2) is 63.1 Å². The van der Waals surface area contributed by atoms with Crippen molar-refractivity contribution in [3.8, 4) is 22.8 Å². The molecule has 0 radical (unpaired) electrons. The number of sulfone groups is 1. The van der Waals surface area contributed by atoms with E-state index in [0.717, 1.165) is 36.5 Å². The predicted molar refractivity (Wildman–Crippen MR) is 151 cm³/mol. The van der Waals surface area contributed by atoms with E-state index in [1.807, 2.05) is 36.4 Å². The van der Waals surface area contributed by atoms with Crippen LogP contribution in [0.4, 0.5) is 16.2 Å². The van der Waals surface area contributed by atoms with Crippen molar-refractivity contribution < 1.29 is 12.8 Å². The molecule has 1 fully saturated rings. The molecule has 0 saturated carbocycles. The number of nitrogens with zero attached hydrogens (tertiary/aromatic N) is 7. The maximum atomic E-state index is 13.9. The monoisotopic (exact) mass is 558 g/mol. The Morgan fingerprint density at radius 2 is 1.82 bits per heavy atom. The molecule has 0 amide bonds. The lowest BCUT2D eigenvalue weighted by atomic mass is 10.0. The van der Waals surface area contributed by atoms with Gasteiger partial charge in [0.25, 0.3) is 0 Å². The number of benzene rings is 1. The first kappa shape index (κ1) is 25.8. The molecule has 10 nitrogen and oxygen atoms in total. The van der Waals surface area contributed by atoms with Crippen molar-refractivity contribution in [3.63, 3.8) is 0 Å². The molecule has 5 aromatic rings. The Labute approximate surface area is 230 Å². The highest BCUT2D eigenvalue weighted by atomic mass is 32.2. The van der Waals surface area contributed by atoms with Crippen molar-refractivity contribution in [1.82, 2.24) is 29.5 Å². The highest BCUT2D eigenvalue weighted by Gasteiger charge is 2.28. The predicted octanol–water partition coefficient (Wildman–Crippen LogP) is 4.19. The van der Waals surface area contributed by atoms with Gasteiger partial charge in [-0.25, -0.2) is 37.3 Å². The molecule has 5 heterocycles. The van der Waals surface area contributed by atoms with Crippen molar-refractivity contribution in [2.24, 2.45) is 0 Å². The minimum atomic E-state index is -3.10. The maximum Gasteiger partial charge on any atom is 0.223 e. The van der Waals surface area contributed by atoms with Gasteiger partial charge in [0, 0.05) is 25.5 Å². The van der Waals surface area contributed by atoms with Crippen LogP contribution in [0.2, 0.25) is 0 Å². The summed E-state index contributed by atoms with van der Waals surface area (Å²) in [6, 6.07) is 18.1. The van der Waals surface area contributed by atoms with E-state index < -0.39 is 9.84 Å². The molecule has 40 heavy (non-hydrogen) atoms. The molecule has 204 valence electrons. The maximum absolute atomic E-state index is 13.9. The Bertz CT molecular complexity index is 1790. The Kier molecular flexibility index (Phi) is 6.84. The number of aromatic nitrogens is 6. The zero-order valence-electron chi connectivity index (χ0n) is 21.8. The van der Waals surface area contributed by atoms with Crippen molar-refractivity contribution in [2.75, 3.05) is 35.3 Å². The van der Waals surface area contributed by atoms with Gasteiger partial charge < -0.3 is 10.2 Å². The Balaban J connectivity index is 1.29. The first-order chi connectivity index (χ1) is 19.3. The van der Waals surface area contributed by atoms with E-state index in [1.165, 1.54) is 12.3 Å². The number of nitrogens with one attached hydrogen (secondary N) is 1. The Morgan fingerprint density at radius 1 is 1.00 bits per heavy atom. The fourth-order valence-corrected chi connectivity index (χ4v) is 5.42. The molecule has 1 aromatic carbocycles. The smallest absolute Gasteiger partial charge is 0.223 e. The summed E-state index contributed by atoms with van der Waals surface area (Å²) in [5.41, 5.74) is 4.24. The molecule has 1 aliphatic rings. The van der Waals surface area contributed by atoms with Gasteiger partial charge in [0.15, 0.2) is 5.65 Å². The molecule has 1 atom stereocenters. The van der Waals surface area contributed by atoms with Crippen LogP contribution in [0, 0.1) is 5.82 Å². The van der Waals surface area contributed by atoms with Crippen LogP contribution in [0.1, 0.15) is 24.4 Å². The summed E-state index contributed by atoms with van der Waals surface area (Å²) in [6.07, 6.45) is 6.45. The number of anilines is 2. The zero-order valence-corrected chi connectivity index (χ0v) is 22.6. The number of halogens is 1. The van der Waals surface area contributed by atoms with Crippen LogP contribution < -0.4 is 10.2 Å². The highest BCUT2D eigenvalue weighted by Crippen LogP contribution is 2.35. The molecule has 0 aliphatic carbocycles. The van der Waals surface area contributed by atoms with Crippen LogP contribution in [0.5, 0.6) is 0 Å². The zero-order chi connectivity index (χ0) is 27.7. The Hall–Kier alpha value is -4.45. The standard InChI is InChI=1S/C28H27FN8O2S/c1-40(38,39)16-14-31-28-30-13-12-22(34-28)21-7-3-8-23(33-21)25-18-32-26-10-11-27(35-37(25)26)36-15-4-9-24(36)19-5-2-6-20(29)17-19/h2-3,5-8,10-13,17-18,24H,4,9,14-16H2,1H3,(H,30,31,34)/t24-/m1/s1. The summed E-state index contributed by atoms with van der Waals surface area (Å²) in [5.74, 6) is 0.858. The highest BCUT2D eigenvalue weighted by molar-refractivity contribution is 7.90. The first-order valence-electron chi connectivity index (χ1n) is 12.9. The normalized spacial score (nSPS) is 15.6. The van der Waals surface area contributed by atoms with Crippen LogP contribution in [0.25, 0.3) is 28.4 Å². The van der Waals surface area contributed by atoms with Gasteiger partial charge in [0.2, 0.25) is 5.95 Å². The van der Waals surface area contributed by atoms with Crippen LogP contribution in [0.3, 0.4) is 0 Å². The van der Waals surface area contributed by atoms with Gasteiger partial charge >= 0.3 is 0 Å². The van der Waals surface area contributed by atoms with Crippen molar-refractivity contribution in [1.29, 1.82) is 0 Å². The van der Waals surface area contributed by atoms with Crippen LogP contribution >= 0.6 is 0 Å². The molecule has 0 unspecified atom stereocenters. The fraction of sp³-hybridized carbons (Fsp3) is 0.250. The minimum Gasteiger partial charge on any atom is -0.353 e. The van der Waals surface area contributed by atoms with E-state index in [2.05, 4.69) is 25.2 Å². The molecule has 1 N–H and O–H groups in total. The van der Waals surface area contributed by atoms with Gasteiger partial charge in [-0.3, -0.25) is 0 Å². The van der Waals surface area contributed by atoms with Crippen molar-refractivity contribution in [2.45, 2.75) is 18.9 Å². The van der Waals surface area contributed by atoms with E-state index in [-0.39, 0.29) is 24.2 Å². The van der Waals surface area contributed by atoms with Crippen molar-refractivity contribution >= 4 is 27.3 Å². The molecule has 1 saturated heterocycles. The first-order valence-corrected chi connectivity index (χ1v) is 15.0. The average Bonchev–Trinajstić information content (AvgIpc) is 3.60. The summed E-state index contributed by atoms with van der Waals surface area (Å²) in [7, 11) is -3.10. The average molecular weight is 559 g/mol. The third kappa shape index (κ3) is 5.48. The third-order valence-corrected chi connectivity index (χ3v) is 7.76. The lowest BCUT2D eigenvalue weighted by molar-refractivity contribution is 0.602. The van der Waals surface area contributed by atoms with E-state index in [1.54, 1.807) is 35.1 Å². The summed E-state index contributed by atoms with van der Waals surface area (Å²) < 4.78 is 38.6. The van der Waals surface area contributed by atoms with E-state index in [4.69, 9.17) is 10.1 Å². The number of hydrogen-bond acceptors (Lipinski definition) is 9. The molecular formula is C28H27FN8O2S. The molecule has 6 rings (SSSR count). The lowest BCUT2D eigenvalue weighted by Crippen LogP contribution is -2.24. The number of imidazole rings is 1. The number of hydrogen-bond donors (Lipinski definition) is 1. The molecule has 1 aliphatic heterocycles. The van der Waals surface area contributed by atoms with Gasteiger partial charge in [-0.1, -0.05) is 18.2 Å². The van der Waals surface area contributed by atoms with E-state index in [9.17, 15) is 12.8 Å². The van der Waals surface area contributed by atoms with Gasteiger partial charge in [0.1, 0.15) is 27.2 Å². The van der Waals surface area contributed by atoms with Crippen LogP contribution in [-0.2, 0) is 9.84 Å². The minimum absolute atomic E-state index is 0.0159. The van der Waals surface area contributed by atoms with Gasteiger partial charge in [-0.2, -0.15) is 0 Å². The second kappa shape index (κ2) is 10.6. The van der Waals surface area contributed by atoms with Gasteiger partial charge in [0.05, 0.1) is 35.1 Å². The summed E-state index contributed by atoms with van der Waals surface area (Å²) in [4.78, 5) is 20.3. The summed E-state index contributed by atoms with van der Waals surface area (Å²) >= 11 is 0. The van der Waals surface area contributed by atoms with Crippen LogP contribution in [0.15, 0.2) is 73.1 Å². The Morgan fingerprint density at radius 3 is 2.67 bits per heavy atom. The molecule has 0 bridgehead atoms. The largest absolute Gasteiger partial charge is 0.353 e. The molecule has 12 heteroatoms. The lowest BCUT2D eigenvalue weighted by Gasteiger charge is -2.26. The molecule has 0 spiro atoms.